The van der Waals surface area contributed by atoms with Crippen LogP contribution in [0.15, 0.2) is 38.6 Å². The third-order valence-electron chi connectivity index (χ3n) is 4.12. The van der Waals surface area contributed by atoms with Crippen molar-refractivity contribution in [1.29, 1.82) is 0 Å². The molecule has 1 atom stereocenters. The Kier molecular flexibility index (Phi) is 4.31. The molecule has 0 saturated carbocycles. The van der Waals surface area contributed by atoms with Crippen LogP contribution in [0.25, 0.3) is 0 Å². The van der Waals surface area contributed by atoms with Crippen LogP contribution in [0.3, 0.4) is 0 Å². The molecule has 1 amide bonds. The zero-order valence-electron chi connectivity index (χ0n) is 13.6. The summed E-state index contributed by atoms with van der Waals surface area (Å²) in [7, 11) is 0. The molecule has 1 N–H and O–H groups in total. The van der Waals surface area contributed by atoms with E-state index in [0.717, 1.165) is 30.1 Å². The number of hydrogen-bond donors (Lipinski definition) is 1. The molecule has 0 aromatic carbocycles. The van der Waals surface area contributed by atoms with Gasteiger partial charge >= 0.3 is 0 Å². The van der Waals surface area contributed by atoms with Crippen molar-refractivity contribution >= 4 is 17.7 Å². The predicted molar refractivity (Wildman–Crippen MR) is 88.9 cm³/mol. The van der Waals surface area contributed by atoms with Crippen molar-refractivity contribution < 1.29 is 13.7 Å². The third-order valence-corrected chi connectivity index (χ3v) is 5.02. The third kappa shape index (κ3) is 3.32. The summed E-state index contributed by atoms with van der Waals surface area (Å²) in [6.45, 7) is 2.54. The maximum absolute atomic E-state index is 12.8. The number of amides is 1. The number of carbonyl (C=O) groups is 1. The fourth-order valence-corrected chi connectivity index (χ4v) is 3.65. The molecule has 1 aliphatic rings. The molecule has 0 aliphatic carbocycles. The van der Waals surface area contributed by atoms with Crippen LogP contribution in [0.2, 0.25) is 0 Å². The second kappa shape index (κ2) is 6.75. The van der Waals surface area contributed by atoms with E-state index in [-0.39, 0.29) is 11.9 Å². The predicted octanol–water partition coefficient (Wildman–Crippen LogP) is 2.96. The number of nitrogens with zero attached hydrogens (tertiary/aromatic N) is 4. The first-order chi connectivity index (χ1) is 12.2. The lowest BCUT2D eigenvalue weighted by atomic mass is 10.1. The molecule has 4 rings (SSSR count). The number of aromatic nitrogens is 4. The largest absolute Gasteiger partial charge is 0.455 e. The number of carbonyl (C=O) groups excluding carboxylic acids is 1. The summed E-state index contributed by atoms with van der Waals surface area (Å²) < 4.78 is 10.9. The number of rotatable bonds is 5. The van der Waals surface area contributed by atoms with Gasteiger partial charge < -0.3 is 13.8 Å². The van der Waals surface area contributed by atoms with Crippen LogP contribution in [0, 0.1) is 6.92 Å². The number of H-pyrrole nitrogens is 1. The Morgan fingerprint density at radius 2 is 2.40 bits per heavy atom. The van der Waals surface area contributed by atoms with E-state index in [1.165, 1.54) is 18.1 Å². The topological polar surface area (TPSA) is 101 Å². The van der Waals surface area contributed by atoms with Crippen LogP contribution in [-0.4, -0.2) is 37.7 Å². The number of furan rings is 1. The van der Waals surface area contributed by atoms with Crippen LogP contribution in [0.1, 0.15) is 46.7 Å². The van der Waals surface area contributed by atoms with Gasteiger partial charge in [0.1, 0.15) is 23.5 Å². The average Bonchev–Trinajstić information content (AvgIpc) is 3.37. The standard InChI is InChI=1S/C16H17N5O3S/c1-10-7-12(20-24-10)13-3-2-6-21(13)15(22)14-5-4-11(23-14)8-25-16-17-9-18-19-16/h4-5,7,9,13H,2-3,6,8H2,1H3,(H,17,18,19). The van der Waals surface area contributed by atoms with Crippen LogP contribution in [0.4, 0.5) is 0 Å². The van der Waals surface area contributed by atoms with E-state index in [1.807, 2.05) is 24.0 Å². The molecular weight excluding hydrogens is 342 g/mol. The van der Waals surface area contributed by atoms with Crippen LogP contribution in [-0.2, 0) is 5.75 Å². The molecule has 1 unspecified atom stereocenters. The Labute approximate surface area is 148 Å². The normalized spacial score (nSPS) is 17.3. The first-order valence-electron chi connectivity index (χ1n) is 8.02. The maximum Gasteiger partial charge on any atom is 0.290 e. The molecule has 130 valence electrons. The van der Waals surface area contributed by atoms with Crippen molar-refractivity contribution in [3.8, 4) is 0 Å². The molecule has 25 heavy (non-hydrogen) atoms. The summed E-state index contributed by atoms with van der Waals surface area (Å²) >= 11 is 1.47. The summed E-state index contributed by atoms with van der Waals surface area (Å²) in [5.74, 6) is 2.28. The molecule has 3 aromatic rings. The van der Waals surface area contributed by atoms with Crippen molar-refractivity contribution in [1.82, 2.24) is 25.2 Å². The van der Waals surface area contributed by atoms with Gasteiger partial charge in [0.05, 0.1) is 11.8 Å². The molecule has 9 heteroatoms. The van der Waals surface area contributed by atoms with Gasteiger partial charge in [-0.2, -0.15) is 5.10 Å². The van der Waals surface area contributed by atoms with Crippen molar-refractivity contribution in [2.75, 3.05) is 6.54 Å². The minimum Gasteiger partial charge on any atom is -0.455 e. The van der Waals surface area contributed by atoms with E-state index in [1.54, 1.807) is 6.07 Å². The van der Waals surface area contributed by atoms with Gasteiger partial charge in [-0.1, -0.05) is 16.9 Å². The fraction of sp³-hybridized carbons (Fsp3) is 0.375. The minimum atomic E-state index is -0.112. The van der Waals surface area contributed by atoms with Crippen LogP contribution >= 0.6 is 11.8 Å². The van der Waals surface area contributed by atoms with Gasteiger partial charge in [0.15, 0.2) is 10.9 Å². The molecule has 0 bridgehead atoms. The van der Waals surface area contributed by atoms with Crippen molar-refractivity contribution in [2.45, 2.75) is 36.7 Å². The summed E-state index contributed by atoms with van der Waals surface area (Å²) in [6.07, 6.45) is 3.28. The number of likely N-dealkylation sites (tertiary alicyclic amines) is 1. The Balaban J connectivity index is 1.45. The molecule has 1 aliphatic heterocycles. The highest BCUT2D eigenvalue weighted by molar-refractivity contribution is 7.98. The highest BCUT2D eigenvalue weighted by Gasteiger charge is 2.33. The van der Waals surface area contributed by atoms with Gasteiger partial charge in [-0.05, 0) is 31.9 Å². The lowest BCUT2D eigenvalue weighted by molar-refractivity contribution is 0.0697. The molecule has 0 radical (unpaired) electrons. The molecule has 0 spiro atoms. The van der Waals surface area contributed by atoms with Crippen molar-refractivity contribution in [3.05, 3.63) is 47.5 Å². The van der Waals surface area contributed by atoms with E-state index < -0.39 is 0 Å². The molecular formula is C16H17N5O3S. The van der Waals surface area contributed by atoms with Gasteiger partial charge in [-0.15, -0.1) is 0 Å². The van der Waals surface area contributed by atoms with Crippen molar-refractivity contribution in [3.63, 3.8) is 0 Å². The maximum atomic E-state index is 12.8. The highest BCUT2D eigenvalue weighted by atomic mass is 32.2. The van der Waals surface area contributed by atoms with Gasteiger partial charge in [0.2, 0.25) is 0 Å². The summed E-state index contributed by atoms with van der Waals surface area (Å²) in [5.41, 5.74) is 0.802. The van der Waals surface area contributed by atoms with Crippen LogP contribution in [0.5, 0.6) is 0 Å². The van der Waals surface area contributed by atoms with Crippen LogP contribution < -0.4 is 0 Å². The minimum absolute atomic E-state index is 0.0536. The number of aryl methyl sites for hydroxylation is 1. The number of aromatic amines is 1. The zero-order chi connectivity index (χ0) is 17.2. The first-order valence-corrected chi connectivity index (χ1v) is 9.00. The molecule has 1 fully saturated rings. The zero-order valence-corrected chi connectivity index (χ0v) is 14.5. The quantitative estimate of drug-likeness (QED) is 0.699. The highest BCUT2D eigenvalue weighted by Crippen LogP contribution is 2.33. The lowest BCUT2D eigenvalue weighted by Crippen LogP contribution is -2.30. The molecule has 1 saturated heterocycles. The second-order valence-electron chi connectivity index (χ2n) is 5.86. The average molecular weight is 359 g/mol. The molecule has 4 heterocycles. The lowest BCUT2D eigenvalue weighted by Gasteiger charge is -2.21. The molecule has 8 nitrogen and oxygen atoms in total. The number of nitrogens with one attached hydrogen (secondary N) is 1. The monoisotopic (exact) mass is 359 g/mol. The molecule has 3 aromatic heterocycles. The smallest absolute Gasteiger partial charge is 0.290 e. The summed E-state index contributed by atoms with van der Waals surface area (Å²) in [4.78, 5) is 18.7. The Hall–Kier alpha value is -2.55. The van der Waals surface area contributed by atoms with E-state index in [0.29, 0.717) is 23.2 Å². The van der Waals surface area contributed by atoms with E-state index in [2.05, 4.69) is 20.3 Å². The first kappa shape index (κ1) is 15.9. The number of hydrogen-bond acceptors (Lipinski definition) is 7. The van der Waals surface area contributed by atoms with E-state index >= 15 is 0 Å². The second-order valence-corrected chi connectivity index (χ2v) is 6.83. The fourth-order valence-electron chi connectivity index (χ4n) is 2.98. The van der Waals surface area contributed by atoms with E-state index in [4.69, 9.17) is 8.94 Å². The van der Waals surface area contributed by atoms with E-state index in [9.17, 15) is 4.79 Å². The van der Waals surface area contributed by atoms with Crippen molar-refractivity contribution in [2.24, 2.45) is 0 Å². The summed E-state index contributed by atoms with van der Waals surface area (Å²) in [6, 6.07) is 5.38. The van der Waals surface area contributed by atoms with Gasteiger partial charge in [0, 0.05) is 12.6 Å². The number of thioether (sulfide) groups is 1. The Morgan fingerprint density at radius 1 is 1.48 bits per heavy atom. The Bertz CT molecular complexity index is 857. The summed E-state index contributed by atoms with van der Waals surface area (Å²) in [5, 5.41) is 11.4. The van der Waals surface area contributed by atoms with Gasteiger partial charge in [-0.3, -0.25) is 9.89 Å². The van der Waals surface area contributed by atoms with Gasteiger partial charge in [0.25, 0.3) is 5.91 Å². The van der Waals surface area contributed by atoms with Gasteiger partial charge in [-0.25, -0.2) is 4.98 Å². The Morgan fingerprint density at radius 3 is 3.16 bits per heavy atom. The SMILES string of the molecule is Cc1cc(C2CCCN2C(=O)c2ccc(CSc3ncn[nH]3)o2)no1.